The quantitative estimate of drug-likeness (QED) is 0.847. The van der Waals surface area contributed by atoms with E-state index in [1.54, 1.807) is 6.92 Å². The standard InChI is InChI=1S/C10H11F3O3/c1-2-16-7-5-3-4-6(8(7)14)9(15)10(11,12)13/h3-5,9,14-15H,2H2,1H3/t9-/m0/s1. The van der Waals surface area contributed by atoms with Gasteiger partial charge in [-0.1, -0.05) is 12.1 Å². The van der Waals surface area contributed by atoms with Crippen molar-refractivity contribution in [3.8, 4) is 11.5 Å². The summed E-state index contributed by atoms with van der Waals surface area (Å²) in [7, 11) is 0. The maximum atomic E-state index is 12.2. The molecule has 0 amide bonds. The van der Waals surface area contributed by atoms with Gasteiger partial charge in [0.05, 0.1) is 6.61 Å². The van der Waals surface area contributed by atoms with Crippen LogP contribution >= 0.6 is 0 Å². The minimum Gasteiger partial charge on any atom is -0.504 e. The van der Waals surface area contributed by atoms with Crippen LogP contribution in [0.1, 0.15) is 18.6 Å². The van der Waals surface area contributed by atoms with E-state index in [1.165, 1.54) is 12.1 Å². The molecule has 6 heteroatoms. The van der Waals surface area contributed by atoms with Crippen molar-refractivity contribution < 1.29 is 28.1 Å². The maximum absolute atomic E-state index is 12.2. The van der Waals surface area contributed by atoms with Crippen LogP contribution in [0.15, 0.2) is 18.2 Å². The third-order valence-electron chi connectivity index (χ3n) is 1.93. The SMILES string of the molecule is CCOc1cccc([C@H](O)C(F)(F)F)c1O. The fourth-order valence-corrected chi connectivity index (χ4v) is 1.21. The summed E-state index contributed by atoms with van der Waals surface area (Å²) in [6.45, 7) is 1.84. The van der Waals surface area contributed by atoms with E-state index in [2.05, 4.69) is 0 Å². The third kappa shape index (κ3) is 2.57. The summed E-state index contributed by atoms with van der Waals surface area (Å²) < 4.78 is 41.6. The number of benzene rings is 1. The smallest absolute Gasteiger partial charge is 0.418 e. The van der Waals surface area contributed by atoms with E-state index in [1.807, 2.05) is 0 Å². The number of phenols is 1. The molecule has 0 saturated heterocycles. The Bertz CT molecular complexity index is 363. The van der Waals surface area contributed by atoms with E-state index in [-0.39, 0.29) is 12.4 Å². The lowest BCUT2D eigenvalue weighted by molar-refractivity contribution is -0.207. The van der Waals surface area contributed by atoms with Gasteiger partial charge in [-0.25, -0.2) is 0 Å². The van der Waals surface area contributed by atoms with Gasteiger partial charge in [-0.15, -0.1) is 0 Å². The molecule has 90 valence electrons. The Balaban J connectivity index is 3.10. The van der Waals surface area contributed by atoms with Gasteiger partial charge in [-0.3, -0.25) is 0 Å². The van der Waals surface area contributed by atoms with Crippen LogP contribution in [-0.4, -0.2) is 23.0 Å². The molecular weight excluding hydrogens is 225 g/mol. The Morgan fingerprint density at radius 2 is 2.00 bits per heavy atom. The van der Waals surface area contributed by atoms with Crippen molar-refractivity contribution in [1.29, 1.82) is 0 Å². The maximum Gasteiger partial charge on any atom is 0.418 e. The summed E-state index contributed by atoms with van der Waals surface area (Å²) >= 11 is 0. The van der Waals surface area contributed by atoms with Crippen LogP contribution in [0.3, 0.4) is 0 Å². The molecule has 2 N–H and O–H groups in total. The van der Waals surface area contributed by atoms with Crippen molar-refractivity contribution in [3.63, 3.8) is 0 Å². The molecule has 0 unspecified atom stereocenters. The molecule has 0 aromatic heterocycles. The Morgan fingerprint density at radius 3 is 2.50 bits per heavy atom. The molecule has 0 aliphatic rings. The second-order valence-electron chi connectivity index (χ2n) is 3.07. The fraction of sp³-hybridized carbons (Fsp3) is 0.400. The topological polar surface area (TPSA) is 49.7 Å². The predicted molar refractivity (Wildman–Crippen MR) is 50.3 cm³/mol. The van der Waals surface area contributed by atoms with Crippen LogP contribution in [0.5, 0.6) is 11.5 Å². The van der Waals surface area contributed by atoms with Gasteiger partial charge in [0.15, 0.2) is 17.6 Å². The minimum absolute atomic E-state index is 0.0803. The summed E-state index contributed by atoms with van der Waals surface area (Å²) in [4.78, 5) is 0. The van der Waals surface area contributed by atoms with Gasteiger partial charge in [-0.05, 0) is 13.0 Å². The summed E-state index contributed by atoms with van der Waals surface area (Å²) in [6, 6.07) is 3.59. The molecule has 1 atom stereocenters. The first kappa shape index (κ1) is 12.6. The summed E-state index contributed by atoms with van der Waals surface area (Å²) in [6.07, 6.45) is -7.53. The van der Waals surface area contributed by atoms with Crippen LogP contribution in [-0.2, 0) is 0 Å². The van der Waals surface area contributed by atoms with Crippen molar-refractivity contribution >= 4 is 0 Å². The summed E-state index contributed by atoms with van der Waals surface area (Å²) in [5, 5.41) is 18.5. The van der Waals surface area contributed by atoms with Crippen molar-refractivity contribution in [2.45, 2.75) is 19.2 Å². The highest BCUT2D eigenvalue weighted by Crippen LogP contribution is 2.40. The van der Waals surface area contributed by atoms with Crippen LogP contribution in [0, 0.1) is 0 Å². The molecule has 16 heavy (non-hydrogen) atoms. The number of rotatable bonds is 3. The molecule has 0 bridgehead atoms. The van der Waals surface area contributed by atoms with E-state index >= 15 is 0 Å². The average molecular weight is 236 g/mol. The highest BCUT2D eigenvalue weighted by Gasteiger charge is 2.41. The molecule has 1 aromatic carbocycles. The van der Waals surface area contributed by atoms with Crippen LogP contribution in [0.2, 0.25) is 0 Å². The zero-order valence-electron chi connectivity index (χ0n) is 8.45. The van der Waals surface area contributed by atoms with Crippen molar-refractivity contribution in [1.82, 2.24) is 0 Å². The molecular formula is C10H11F3O3. The number of aliphatic hydroxyl groups excluding tert-OH is 1. The average Bonchev–Trinajstić information content (AvgIpc) is 2.19. The largest absolute Gasteiger partial charge is 0.504 e. The molecule has 0 heterocycles. The highest BCUT2D eigenvalue weighted by atomic mass is 19.4. The van der Waals surface area contributed by atoms with Gasteiger partial charge < -0.3 is 14.9 Å². The van der Waals surface area contributed by atoms with Crippen molar-refractivity contribution in [2.24, 2.45) is 0 Å². The molecule has 0 fully saturated rings. The fourth-order valence-electron chi connectivity index (χ4n) is 1.21. The van der Waals surface area contributed by atoms with Gasteiger partial charge in [0.25, 0.3) is 0 Å². The number of aliphatic hydroxyl groups is 1. The van der Waals surface area contributed by atoms with Gasteiger partial charge in [0.1, 0.15) is 0 Å². The molecule has 1 aromatic rings. The molecule has 0 radical (unpaired) electrons. The first-order chi connectivity index (χ1) is 7.38. The Hall–Kier alpha value is -1.43. The van der Waals surface area contributed by atoms with E-state index in [0.717, 1.165) is 6.07 Å². The highest BCUT2D eigenvalue weighted by molar-refractivity contribution is 5.46. The first-order valence-electron chi connectivity index (χ1n) is 4.57. The summed E-state index contributed by atoms with van der Waals surface area (Å²) in [5.41, 5.74) is -0.613. The third-order valence-corrected chi connectivity index (χ3v) is 1.93. The lowest BCUT2D eigenvalue weighted by Gasteiger charge is -2.17. The number of alkyl halides is 3. The monoisotopic (exact) mass is 236 g/mol. The van der Waals surface area contributed by atoms with E-state index < -0.39 is 23.6 Å². The van der Waals surface area contributed by atoms with E-state index in [9.17, 15) is 18.3 Å². The van der Waals surface area contributed by atoms with E-state index in [4.69, 9.17) is 9.84 Å². The molecule has 0 saturated carbocycles. The Labute approximate surface area is 90.1 Å². The molecule has 0 aliphatic heterocycles. The number of ether oxygens (including phenoxy) is 1. The number of hydrogen-bond acceptors (Lipinski definition) is 3. The van der Waals surface area contributed by atoms with Gasteiger partial charge in [0.2, 0.25) is 0 Å². The van der Waals surface area contributed by atoms with E-state index in [0.29, 0.717) is 0 Å². The zero-order valence-corrected chi connectivity index (χ0v) is 8.45. The number of phenolic OH excluding ortho intramolecular Hbond substituents is 1. The second-order valence-corrected chi connectivity index (χ2v) is 3.07. The Morgan fingerprint density at radius 1 is 1.38 bits per heavy atom. The second kappa shape index (κ2) is 4.61. The van der Waals surface area contributed by atoms with Crippen LogP contribution in [0.25, 0.3) is 0 Å². The lowest BCUT2D eigenvalue weighted by Crippen LogP contribution is -2.20. The molecule has 0 aliphatic carbocycles. The van der Waals surface area contributed by atoms with Gasteiger partial charge >= 0.3 is 6.18 Å². The first-order valence-corrected chi connectivity index (χ1v) is 4.57. The number of para-hydroxylation sites is 1. The minimum atomic E-state index is -4.82. The summed E-state index contributed by atoms with van der Waals surface area (Å²) in [5.74, 6) is -0.766. The molecule has 3 nitrogen and oxygen atoms in total. The van der Waals surface area contributed by atoms with Crippen molar-refractivity contribution in [3.05, 3.63) is 23.8 Å². The lowest BCUT2D eigenvalue weighted by atomic mass is 10.1. The normalized spacial score (nSPS) is 13.6. The van der Waals surface area contributed by atoms with Gasteiger partial charge in [-0.2, -0.15) is 13.2 Å². The predicted octanol–water partition coefficient (Wildman–Crippen LogP) is 2.39. The molecule has 0 spiro atoms. The molecule has 1 rings (SSSR count). The number of halogens is 3. The Kier molecular flexibility index (Phi) is 3.64. The zero-order chi connectivity index (χ0) is 12.3. The van der Waals surface area contributed by atoms with Gasteiger partial charge in [0, 0.05) is 5.56 Å². The van der Waals surface area contributed by atoms with Crippen LogP contribution in [0.4, 0.5) is 13.2 Å². The van der Waals surface area contributed by atoms with Crippen molar-refractivity contribution in [2.75, 3.05) is 6.61 Å². The number of hydrogen-bond donors (Lipinski definition) is 2. The van der Waals surface area contributed by atoms with Crippen LogP contribution < -0.4 is 4.74 Å². The number of aromatic hydroxyl groups is 1.